The molecular formula is C14H18BrN5. The van der Waals surface area contributed by atoms with Crippen molar-refractivity contribution in [2.45, 2.75) is 43.7 Å². The van der Waals surface area contributed by atoms with Crippen molar-refractivity contribution in [3.63, 3.8) is 0 Å². The average molecular weight is 336 g/mol. The molecule has 0 radical (unpaired) electrons. The molecule has 0 aromatic carbocycles. The average Bonchev–Trinajstić information content (AvgIpc) is 2.81. The molecule has 2 aromatic rings. The van der Waals surface area contributed by atoms with Crippen molar-refractivity contribution in [1.29, 1.82) is 0 Å². The Balaban J connectivity index is 1.53. The second kappa shape index (κ2) is 4.70. The lowest BCUT2D eigenvalue weighted by Gasteiger charge is -2.48. The summed E-state index contributed by atoms with van der Waals surface area (Å²) in [6.07, 6.45) is 8.24. The summed E-state index contributed by atoms with van der Waals surface area (Å²) in [6, 6.07) is 4.43. The zero-order valence-corrected chi connectivity index (χ0v) is 12.9. The van der Waals surface area contributed by atoms with Crippen LogP contribution >= 0.6 is 15.9 Å². The molecule has 0 bridgehead atoms. The van der Waals surface area contributed by atoms with Crippen molar-refractivity contribution in [3.05, 3.63) is 22.8 Å². The van der Waals surface area contributed by atoms with Gasteiger partial charge in [0, 0.05) is 17.8 Å². The molecule has 5 nitrogen and oxygen atoms in total. The molecular weight excluding hydrogens is 318 g/mol. The van der Waals surface area contributed by atoms with Gasteiger partial charge in [-0.1, -0.05) is 0 Å². The predicted octanol–water partition coefficient (Wildman–Crippen LogP) is 2.58. The van der Waals surface area contributed by atoms with Crippen LogP contribution in [0.5, 0.6) is 0 Å². The van der Waals surface area contributed by atoms with E-state index in [0.717, 1.165) is 29.0 Å². The second-order valence-electron chi connectivity index (χ2n) is 5.95. The standard InChI is InChI=1S/C14H18BrN5/c15-11-3-1-8-20-12(11)18-13(19-20)17-10-4-7-16-14(9-10)5-2-6-14/h1,3,8,10,16H,2,4-7,9H2,(H,17,19). The van der Waals surface area contributed by atoms with Crippen LogP contribution in [0.2, 0.25) is 0 Å². The van der Waals surface area contributed by atoms with Crippen molar-refractivity contribution in [2.75, 3.05) is 11.9 Å². The fourth-order valence-electron chi connectivity index (χ4n) is 3.38. The third kappa shape index (κ3) is 2.11. The normalized spacial score (nSPS) is 24.8. The van der Waals surface area contributed by atoms with E-state index in [0.29, 0.717) is 11.6 Å². The Hall–Kier alpha value is -1.14. The van der Waals surface area contributed by atoms with Crippen molar-refractivity contribution in [2.24, 2.45) is 0 Å². The first-order chi connectivity index (χ1) is 9.74. The summed E-state index contributed by atoms with van der Waals surface area (Å²) in [6.45, 7) is 1.09. The van der Waals surface area contributed by atoms with Crippen molar-refractivity contribution >= 4 is 27.5 Å². The molecule has 1 aliphatic heterocycles. The monoisotopic (exact) mass is 335 g/mol. The SMILES string of the molecule is Brc1cccn2nc(NC3CCNC4(CCC4)C3)nc12. The van der Waals surface area contributed by atoms with Gasteiger partial charge in [-0.15, -0.1) is 5.10 Å². The highest BCUT2D eigenvalue weighted by Crippen LogP contribution is 2.38. The molecule has 1 atom stereocenters. The molecule has 1 saturated carbocycles. The van der Waals surface area contributed by atoms with Crippen molar-refractivity contribution in [3.8, 4) is 0 Å². The highest BCUT2D eigenvalue weighted by molar-refractivity contribution is 9.10. The summed E-state index contributed by atoms with van der Waals surface area (Å²) in [5.74, 6) is 0.735. The maximum absolute atomic E-state index is 4.57. The number of anilines is 1. The summed E-state index contributed by atoms with van der Waals surface area (Å²) in [7, 11) is 0. The lowest BCUT2D eigenvalue weighted by atomic mass is 9.70. The minimum atomic E-state index is 0.398. The number of piperidine rings is 1. The van der Waals surface area contributed by atoms with E-state index < -0.39 is 0 Å². The van der Waals surface area contributed by atoms with E-state index in [2.05, 4.69) is 36.6 Å². The van der Waals surface area contributed by atoms with Gasteiger partial charge in [0.25, 0.3) is 0 Å². The molecule has 1 aliphatic carbocycles. The quantitative estimate of drug-likeness (QED) is 0.885. The second-order valence-corrected chi connectivity index (χ2v) is 6.81. The van der Waals surface area contributed by atoms with Gasteiger partial charge in [0.15, 0.2) is 5.65 Å². The third-order valence-electron chi connectivity index (χ3n) is 4.59. The summed E-state index contributed by atoms with van der Waals surface area (Å²) >= 11 is 3.51. The maximum atomic E-state index is 4.57. The third-order valence-corrected chi connectivity index (χ3v) is 5.21. The summed E-state index contributed by atoms with van der Waals surface area (Å²) in [5.41, 5.74) is 1.26. The minimum Gasteiger partial charge on any atom is -0.350 e. The highest BCUT2D eigenvalue weighted by Gasteiger charge is 2.41. The van der Waals surface area contributed by atoms with Crippen LogP contribution in [-0.2, 0) is 0 Å². The van der Waals surface area contributed by atoms with E-state index in [4.69, 9.17) is 0 Å². The molecule has 106 valence electrons. The van der Waals surface area contributed by atoms with E-state index in [9.17, 15) is 0 Å². The first-order valence-corrected chi connectivity index (χ1v) is 8.06. The van der Waals surface area contributed by atoms with Gasteiger partial charge in [0.2, 0.25) is 5.95 Å². The first kappa shape index (κ1) is 12.6. The smallest absolute Gasteiger partial charge is 0.243 e. The van der Waals surface area contributed by atoms with E-state index in [1.165, 1.54) is 25.7 Å². The van der Waals surface area contributed by atoms with E-state index in [1.54, 1.807) is 0 Å². The summed E-state index contributed by atoms with van der Waals surface area (Å²) < 4.78 is 2.79. The van der Waals surface area contributed by atoms with Gasteiger partial charge in [-0.05, 0) is 66.7 Å². The van der Waals surface area contributed by atoms with Crippen molar-refractivity contribution < 1.29 is 0 Å². The number of pyridine rings is 1. The maximum Gasteiger partial charge on any atom is 0.243 e. The Labute approximate surface area is 126 Å². The Morgan fingerprint density at radius 2 is 2.35 bits per heavy atom. The first-order valence-electron chi connectivity index (χ1n) is 7.27. The number of fused-ring (bicyclic) bond motifs is 1. The molecule has 2 aliphatic rings. The van der Waals surface area contributed by atoms with Crippen LogP contribution in [0.3, 0.4) is 0 Å². The molecule has 4 rings (SSSR count). The van der Waals surface area contributed by atoms with Gasteiger partial charge in [0.1, 0.15) is 0 Å². The molecule has 1 unspecified atom stereocenters. The minimum absolute atomic E-state index is 0.398. The number of halogens is 1. The highest BCUT2D eigenvalue weighted by atomic mass is 79.9. The number of rotatable bonds is 2. The van der Waals surface area contributed by atoms with Gasteiger partial charge < -0.3 is 10.6 Å². The van der Waals surface area contributed by atoms with Gasteiger partial charge in [-0.2, -0.15) is 4.98 Å². The van der Waals surface area contributed by atoms with Crippen LogP contribution < -0.4 is 10.6 Å². The van der Waals surface area contributed by atoms with E-state index >= 15 is 0 Å². The molecule has 2 N–H and O–H groups in total. The molecule has 20 heavy (non-hydrogen) atoms. The predicted molar refractivity (Wildman–Crippen MR) is 81.9 cm³/mol. The summed E-state index contributed by atoms with van der Waals surface area (Å²) in [5, 5.41) is 11.7. The fraction of sp³-hybridized carbons (Fsp3) is 0.571. The number of hydrogen-bond donors (Lipinski definition) is 2. The number of hydrogen-bond acceptors (Lipinski definition) is 4. The van der Waals surface area contributed by atoms with E-state index in [1.807, 2.05) is 22.8 Å². The molecule has 2 fully saturated rings. The Bertz CT molecular complexity index is 634. The Kier molecular flexibility index (Phi) is 2.96. The van der Waals surface area contributed by atoms with Crippen LogP contribution in [0.1, 0.15) is 32.1 Å². The molecule has 0 amide bonds. The van der Waals surface area contributed by atoms with Crippen LogP contribution in [0.15, 0.2) is 22.8 Å². The van der Waals surface area contributed by atoms with Crippen LogP contribution in [0.4, 0.5) is 5.95 Å². The van der Waals surface area contributed by atoms with Crippen molar-refractivity contribution in [1.82, 2.24) is 19.9 Å². The molecule has 3 heterocycles. The lowest BCUT2D eigenvalue weighted by Crippen LogP contribution is -2.58. The van der Waals surface area contributed by atoms with E-state index in [-0.39, 0.29) is 0 Å². The van der Waals surface area contributed by atoms with Crippen LogP contribution in [-0.4, -0.2) is 32.7 Å². The van der Waals surface area contributed by atoms with Crippen LogP contribution in [0, 0.1) is 0 Å². The number of nitrogens with zero attached hydrogens (tertiary/aromatic N) is 3. The zero-order chi connectivity index (χ0) is 13.6. The number of nitrogens with one attached hydrogen (secondary N) is 2. The molecule has 6 heteroatoms. The Morgan fingerprint density at radius 3 is 3.10 bits per heavy atom. The summed E-state index contributed by atoms with van der Waals surface area (Å²) in [4.78, 5) is 4.57. The number of aromatic nitrogens is 3. The van der Waals surface area contributed by atoms with Crippen LogP contribution in [0.25, 0.3) is 5.65 Å². The fourth-order valence-corrected chi connectivity index (χ4v) is 3.81. The topological polar surface area (TPSA) is 54.2 Å². The molecule has 1 spiro atoms. The van der Waals surface area contributed by atoms with Gasteiger partial charge in [0.05, 0.1) is 4.47 Å². The van der Waals surface area contributed by atoms with Gasteiger partial charge in [-0.25, -0.2) is 4.52 Å². The largest absolute Gasteiger partial charge is 0.350 e. The Morgan fingerprint density at radius 1 is 1.45 bits per heavy atom. The van der Waals surface area contributed by atoms with Gasteiger partial charge in [-0.3, -0.25) is 0 Å². The molecule has 2 aromatic heterocycles. The molecule has 1 saturated heterocycles. The van der Waals surface area contributed by atoms with Gasteiger partial charge >= 0.3 is 0 Å². The zero-order valence-electron chi connectivity index (χ0n) is 11.3. The lowest BCUT2D eigenvalue weighted by molar-refractivity contribution is 0.135.